The molecule has 0 heterocycles. The van der Waals surface area contributed by atoms with Gasteiger partial charge in [0.1, 0.15) is 6.29 Å². The smallest absolute Gasteiger partial charge is 0.131 e. The summed E-state index contributed by atoms with van der Waals surface area (Å²) in [6, 6.07) is 7.92. The van der Waals surface area contributed by atoms with Crippen LogP contribution in [0.4, 0.5) is 0 Å². The third-order valence-corrected chi connectivity index (χ3v) is 1.79. The molecule has 1 rings (SSSR count). The maximum atomic E-state index is 10.1. The van der Waals surface area contributed by atoms with E-state index in [-0.39, 0.29) is 0 Å². The lowest BCUT2D eigenvalue weighted by atomic mass is 10.1. The molecule has 0 radical (unpaired) electrons. The highest BCUT2D eigenvalue weighted by Crippen LogP contribution is 2.06. The van der Waals surface area contributed by atoms with Crippen LogP contribution < -0.4 is 5.32 Å². The van der Waals surface area contributed by atoms with E-state index in [0.717, 1.165) is 24.0 Å². The summed E-state index contributed by atoms with van der Waals surface area (Å²) in [7, 11) is 1.90. The predicted octanol–water partition coefficient (Wildman–Crippen LogP) is 1.35. The first-order chi connectivity index (χ1) is 6.88. The highest BCUT2D eigenvalue weighted by Gasteiger charge is 1.95. The zero-order valence-corrected chi connectivity index (χ0v) is 8.21. The van der Waals surface area contributed by atoms with Crippen molar-refractivity contribution in [2.45, 2.75) is 13.0 Å². The number of nitrogens with one attached hydrogen (secondary N) is 1. The maximum Gasteiger partial charge on any atom is 0.131 e. The Morgan fingerprint density at radius 2 is 2.21 bits per heavy atom. The van der Waals surface area contributed by atoms with Crippen LogP contribution in [0.5, 0.6) is 0 Å². The Kier molecular flexibility index (Phi) is 4.46. The van der Waals surface area contributed by atoms with Gasteiger partial charge in [-0.1, -0.05) is 30.0 Å². The van der Waals surface area contributed by atoms with Crippen molar-refractivity contribution >= 4 is 6.29 Å². The van der Waals surface area contributed by atoms with E-state index in [4.69, 9.17) is 0 Å². The Morgan fingerprint density at radius 1 is 1.43 bits per heavy atom. The molecule has 14 heavy (non-hydrogen) atoms. The number of carbonyl (C=O) groups excluding carboxylic acids is 1. The van der Waals surface area contributed by atoms with Gasteiger partial charge in [0, 0.05) is 12.1 Å². The van der Waals surface area contributed by atoms with Crippen molar-refractivity contribution < 1.29 is 4.79 Å². The summed E-state index contributed by atoms with van der Waals surface area (Å²) in [4.78, 5) is 10.1. The molecule has 2 heteroatoms. The second-order valence-electron chi connectivity index (χ2n) is 2.86. The molecule has 0 aliphatic heterocycles. The van der Waals surface area contributed by atoms with Gasteiger partial charge in [-0.25, -0.2) is 0 Å². The van der Waals surface area contributed by atoms with Crippen LogP contribution in [0.3, 0.4) is 0 Å². The van der Waals surface area contributed by atoms with Crippen LogP contribution in [0, 0.1) is 11.8 Å². The molecule has 1 N–H and O–H groups in total. The molecule has 0 aliphatic carbocycles. The third-order valence-electron chi connectivity index (χ3n) is 1.79. The fourth-order valence-corrected chi connectivity index (χ4v) is 1.17. The van der Waals surface area contributed by atoms with Crippen LogP contribution >= 0.6 is 0 Å². The number of hydrogen-bond donors (Lipinski definition) is 1. The second kappa shape index (κ2) is 5.95. The number of carbonyl (C=O) groups is 1. The summed E-state index contributed by atoms with van der Waals surface area (Å²) in [6.07, 6.45) is 1.11. The van der Waals surface area contributed by atoms with Crippen LogP contribution in [-0.2, 0) is 11.3 Å². The molecule has 0 bridgehead atoms. The van der Waals surface area contributed by atoms with Gasteiger partial charge in [-0.15, -0.1) is 0 Å². The third kappa shape index (κ3) is 3.04. The Morgan fingerprint density at radius 3 is 2.93 bits per heavy atom. The second-order valence-corrected chi connectivity index (χ2v) is 2.86. The number of hydrogen-bond acceptors (Lipinski definition) is 2. The monoisotopic (exact) mass is 187 g/mol. The molecule has 1 aromatic rings. The lowest BCUT2D eigenvalue weighted by molar-refractivity contribution is -0.107. The van der Waals surface area contributed by atoms with Crippen molar-refractivity contribution in [3.8, 4) is 11.8 Å². The first kappa shape index (κ1) is 10.5. The molecule has 0 spiro atoms. The largest absolute Gasteiger partial charge is 0.316 e. The van der Waals surface area contributed by atoms with Gasteiger partial charge in [0.2, 0.25) is 0 Å². The van der Waals surface area contributed by atoms with E-state index in [1.165, 1.54) is 0 Å². The van der Waals surface area contributed by atoms with E-state index in [0.29, 0.717) is 6.42 Å². The molecule has 0 saturated carbocycles. The zero-order valence-electron chi connectivity index (χ0n) is 8.21. The van der Waals surface area contributed by atoms with Crippen molar-refractivity contribution in [3.63, 3.8) is 0 Å². The van der Waals surface area contributed by atoms with E-state index in [1.807, 2.05) is 31.3 Å². The Hall–Kier alpha value is -1.59. The van der Waals surface area contributed by atoms with Crippen molar-refractivity contribution in [2.75, 3.05) is 7.05 Å². The molecule has 2 nitrogen and oxygen atoms in total. The quantitative estimate of drug-likeness (QED) is 0.571. The van der Waals surface area contributed by atoms with E-state index < -0.39 is 0 Å². The summed E-state index contributed by atoms with van der Waals surface area (Å²) in [5.74, 6) is 5.78. The molecule has 0 atom stereocenters. The molecule has 0 aliphatic rings. The Labute approximate surface area is 84.3 Å². The molecule has 72 valence electrons. The molecular formula is C12H13NO. The lowest BCUT2D eigenvalue weighted by Crippen LogP contribution is -2.06. The highest BCUT2D eigenvalue weighted by atomic mass is 16.1. The standard InChI is InChI=1S/C12H13NO/c1-13-10-12-8-3-2-6-11(12)7-4-5-9-14/h2-3,6,8-9,13H,5,10H2,1H3. The molecule has 0 saturated heterocycles. The molecule has 0 fully saturated rings. The summed E-state index contributed by atoms with van der Waals surface area (Å²) >= 11 is 0. The number of rotatable bonds is 3. The van der Waals surface area contributed by atoms with Gasteiger partial charge in [-0.05, 0) is 18.7 Å². The van der Waals surface area contributed by atoms with Gasteiger partial charge < -0.3 is 10.1 Å². The number of benzene rings is 1. The van der Waals surface area contributed by atoms with Gasteiger partial charge in [0.15, 0.2) is 0 Å². The summed E-state index contributed by atoms with van der Waals surface area (Å²) < 4.78 is 0. The minimum Gasteiger partial charge on any atom is -0.316 e. The Balaban J connectivity index is 2.85. The van der Waals surface area contributed by atoms with Crippen LogP contribution in [0.25, 0.3) is 0 Å². The van der Waals surface area contributed by atoms with Gasteiger partial charge in [-0.3, -0.25) is 0 Å². The fraction of sp³-hybridized carbons (Fsp3) is 0.250. The normalized spacial score (nSPS) is 8.93. The summed E-state index contributed by atoms with van der Waals surface area (Å²) in [5.41, 5.74) is 2.15. The van der Waals surface area contributed by atoms with Gasteiger partial charge >= 0.3 is 0 Å². The first-order valence-electron chi connectivity index (χ1n) is 4.53. The molecule has 0 unspecified atom stereocenters. The lowest BCUT2D eigenvalue weighted by Gasteiger charge is -2.02. The van der Waals surface area contributed by atoms with Crippen LogP contribution in [0.1, 0.15) is 17.5 Å². The SMILES string of the molecule is CNCc1ccccc1C#CCC=O. The van der Waals surface area contributed by atoms with Gasteiger partial charge in [0.25, 0.3) is 0 Å². The average molecular weight is 187 g/mol. The average Bonchev–Trinajstić information content (AvgIpc) is 2.21. The van der Waals surface area contributed by atoms with E-state index in [1.54, 1.807) is 0 Å². The van der Waals surface area contributed by atoms with Crippen molar-refractivity contribution in [3.05, 3.63) is 35.4 Å². The van der Waals surface area contributed by atoms with E-state index in [9.17, 15) is 4.79 Å². The highest BCUT2D eigenvalue weighted by molar-refractivity contribution is 5.55. The number of aldehydes is 1. The predicted molar refractivity (Wildman–Crippen MR) is 56.8 cm³/mol. The first-order valence-corrected chi connectivity index (χ1v) is 4.53. The summed E-state index contributed by atoms with van der Waals surface area (Å²) in [5, 5.41) is 3.08. The van der Waals surface area contributed by atoms with Crippen molar-refractivity contribution in [1.82, 2.24) is 5.32 Å². The van der Waals surface area contributed by atoms with E-state index in [2.05, 4.69) is 17.2 Å². The van der Waals surface area contributed by atoms with Gasteiger partial charge in [0.05, 0.1) is 6.42 Å². The zero-order chi connectivity index (χ0) is 10.2. The fourth-order valence-electron chi connectivity index (χ4n) is 1.17. The van der Waals surface area contributed by atoms with Crippen LogP contribution in [0.15, 0.2) is 24.3 Å². The molecule has 1 aromatic carbocycles. The topological polar surface area (TPSA) is 29.1 Å². The minimum absolute atomic E-state index is 0.299. The van der Waals surface area contributed by atoms with Crippen molar-refractivity contribution in [2.24, 2.45) is 0 Å². The molecule has 0 aromatic heterocycles. The van der Waals surface area contributed by atoms with Gasteiger partial charge in [-0.2, -0.15) is 0 Å². The Bertz CT molecular complexity index is 360. The minimum atomic E-state index is 0.299. The van der Waals surface area contributed by atoms with E-state index >= 15 is 0 Å². The molecule has 0 amide bonds. The van der Waals surface area contributed by atoms with Crippen molar-refractivity contribution in [1.29, 1.82) is 0 Å². The molecular weight excluding hydrogens is 174 g/mol. The van der Waals surface area contributed by atoms with Crippen LogP contribution in [-0.4, -0.2) is 13.3 Å². The maximum absolute atomic E-state index is 10.1. The summed E-state index contributed by atoms with van der Waals surface area (Å²) in [6.45, 7) is 0.798. The van der Waals surface area contributed by atoms with Crippen LogP contribution in [0.2, 0.25) is 0 Å².